The predicted octanol–water partition coefficient (Wildman–Crippen LogP) is 3.89. The van der Waals surface area contributed by atoms with Crippen LogP contribution in [-0.4, -0.2) is 56.7 Å². The third-order valence-electron chi connectivity index (χ3n) is 5.84. The first-order valence-electron chi connectivity index (χ1n) is 10.8. The fourth-order valence-electron chi connectivity index (χ4n) is 4.18. The summed E-state index contributed by atoms with van der Waals surface area (Å²) < 4.78 is 7.56. The van der Waals surface area contributed by atoms with Gasteiger partial charge < -0.3 is 19.5 Å². The minimum atomic E-state index is -0.0990. The number of amides is 2. The Labute approximate surface area is 189 Å². The van der Waals surface area contributed by atoms with Gasteiger partial charge in [-0.05, 0) is 36.4 Å². The molecule has 164 valence electrons. The second-order valence-corrected chi connectivity index (χ2v) is 7.86. The minimum absolute atomic E-state index is 0.0990. The van der Waals surface area contributed by atoms with Gasteiger partial charge in [-0.3, -0.25) is 0 Å². The summed E-state index contributed by atoms with van der Waals surface area (Å²) >= 11 is 0. The van der Waals surface area contributed by atoms with Crippen LogP contribution in [0.4, 0.5) is 16.4 Å². The third kappa shape index (κ3) is 3.43. The van der Waals surface area contributed by atoms with Crippen LogP contribution < -0.4 is 10.2 Å². The normalized spacial score (nSPS) is 14.2. The molecule has 0 saturated carbocycles. The van der Waals surface area contributed by atoms with Crippen molar-refractivity contribution in [1.29, 1.82) is 0 Å². The third-order valence-corrected chi connectivity index (χ3v) is 5.84. The Morgan fingerprint density at radius 3 is 2.45 bits per heavy atom. The fraction of sp³-hybridized carbons (Fsp3) is 0.167. The van der Waals surface area contributed by atoms with Crippen molar-refractivity contribution in [3.8, 4) is 11.6 Å². The summed E-state index contributed by atoms with van der Waals surface area (Å²) in [5, 5.41) is 12.8. The predicted molar refractivity (Wildman–Crippen MR) is 125 cm³/mol. The summed E-state index contributed by atoms with van der Waals surface area (Å²) in [5.41, 5.74) is 2.37. The molecule has 0 radical (unpaired) electrons. The number of anilines is 2. The van der Waals surface area contributed by atoms with Gasteiger partial charge in [0.2, 0.25) is 11.8 Å². The summed E-state index contributed by atoms with van der Waals surface area (Å²) in [6.45, 7) is 2.43. The van der Waals surface area contributed by atoms with Gasteiger partial charge in [0.05, 0.1) is 11.8 Å². The van der Waals surface area contributed by atoms with E-state index in [4.69, 9.17) is 9.40 Å². The van der Waals surface area contributed by atoms with Crippen LogP contribution in [0.25, 0.3) is 28.1 Å². The number of nitrogens with one attached hydrogen (secondary N) is 1. The minimum Gasteiger partial charge on any atom is -0.461 e. The number of para-hydroxylation sites is 2. The molecule has 1 N–H and O–H groups in total. The Morgan fingerprint density at radius 2 is 1.67 bits per heavy atom. The van der Waals surface area contributed by atoms with E-state index in [0.717, 1.165) is 28.2 Å². The van der Waals surface area contributed by atoms with Crippen molar-refractivity contribution in [1.82, 2.24) is 24.5 Å². The zero-order valence-electron chi connectivity index (χ0n) is 17.8. The molecule has 3 aromatic heterocycles. The largest absolute Gasteiger partial charge is 0.461 e. The number of piperazine rings is 1. The summed E-state index contributed by atoms with van der Waals surface area (Å²) in [5.74, 6) is 1.97. The summed E-state index contributed by atoms with van der Waals surface area (Å²) in [6.07, 6.45) is 1.62. The first kappa shape index (κ1) is 19.3. The van der Waals surface area contributed by atoms with E-state index in [1.54, 1.807) is 6.26 Å². The Balaban J connectivity index is 1.32. The molecule has 9 nitrogen and oxygen atoms in total. The van der Waals surface area contributed by atoms with E-state index in [1.807, 2.05) is 76.0 Å². The molecule has 4 heterocycles. The number of hydrogen-bond donors (Lipinski definition) is 1. The van der Waals surface area contributed by atoms with Crippen LogP contribution >= 0.6 is 0 Å². The van der Waals surface area contributed by atoms with Crippen molar-refractivity contribution in [3.63, 3.8) is 0 Å². The van der Waals surface area contributed by atoms with E-state index < -0.39 is 0 Å². The monoisotopic (exact) mass is 439 g/mol. The molecule has 1 fully saturated rings. The molecule has 2 aromatic carbocycles. The van der Waals surface area contributed by atoms with Gasteiger partial charge in [-0.2, -0.15) is 0 Å². The lowest BCUT2D eigenvalue weighted by Gasteiger charge is -2.35. The SMILES string of the molecule is O=C(Nc1ccccc1)N1CCN(c2nc3ccccc3c3nnc(-c4ccco4)n23)CC1. The molecular formula is C24H21N7O2. The molecule has 6 rings (SSSR count). The molecule has 1 saturated heterocycles. The summed E-state index contributed by atoms with van der Waals surface area (Å²) in [6, 6.07) is 21.0. The van der Waals surface area contributed by atoms with Crippen LogP contribution in [0.1, 0.15) is 0 Å². The average molecular weight is 439 g/mol. The zero-order chi connectivity index (χ0) is 22.2. The van der Waals surface area contributed by atoms with E-state index in [1.165, 1.54) is 0 Å². The number of benzene rings is 2. The highest BCUT2D eigenvalue weighted by molar-refractivity contribution is 5.93. The standard InChI is InChI=1S/C24H21N7O2/c32-24(25-17-7-2-1-3-8-17)30-14-12-29(13-15-30)23-26-19-10-5-4-9-18(19)21-27-28-22(31(21)23)20-11-6-16-33-20/h1-11,16H,12-15H2,(H,25,32). The molecule has 0 atom stereocenters. The van der Waals surface area contributed by atoms with Gasteiger partial charge in [-0.15, -0.1) is 10.2 Å². The number of carbonyl (C=O) groups is 1. The van der Waals surface area contributed by atoms with Gasteiger partial charge in [-0.25, -0.2) is 14.2 Å². The molecule has 0 unspecified atom stereocenters. The number of urea groups is 1. The van der Waals surface area contributed by atoms with Gasteiger partial charge in [0, 0.05) is 37.3 Å². The quantitative estimate of drug-likeness (QED) is 0.459. The van der Waals surface area contributed by atoms with Crippen LogP contribution in [0.2, 0.25) is 0 Å². The van der Waals surface area contributed by atoms with Crippen molar-refractivity contribution >= 4 is 34.2 Å². The zero-order valence-corrected chi connectivity index (χ0v) is 17.8. The lowest BCUT2D eigenvalue weighted by Crippen LogP contribution is -2.50. The average Bonchev–Trinajstić information content (AvgIpc) is 3.55. The van der Waals surface area contributed by atoms with Gasteiger partial charge in [0.15, 0.2) is 11.4 Å². The fourth-order valence-corrected chi connectivity index (χ4v) is 4.18. The molecule has 0 aliphatic carbocycles. The summed E-state index contributed by atoms with van der Waals surface area (Å²) in [4.78, 5) is 21.7. The van der Waals surface area contributed by atoms with Crippen LogP contribution in [0.5, 0.6) is 0 Å². The maximum absolute atomic E-state index is 12.7. The Morgan fingerprint density at radius 1 is 0.879 bits per heavy atom. The Bertz CT molecular complexity index is 1420. The van der Waals surface area contributed by atoms with E-state index >= 15 is 0 Å². The molecule has 0 spiro atoms. The molecule has 0 bridgehead atoms. The van der Waals surface area contributed by atoms with E-state index in [0.29, 0.717) is 37.8 Å². The number of hydrogen-bond acceptors (Lipinski definition) is 6. The molecule has 1 aliphatic rings. The first-order chi connectivity index (χ1) is 16.3. The summed E-state index contributed by atoms with van der Waals surface area (Å²) in [7, 11) is 0. The molecule has 1 aliphatic heterocycles. The number of carbonyl (C=O) groups excluding carboxylic acids is 1. The number of aromatic nitrogens is 4. The van der Waals surface area contributed by atoms with Crippen LogP contribution in [-0.2, 0) is 0 Å². The number of nitrogens with zero attached hydrogens (tertiary/aromatic N) is 6. The van der Waals surface area contributed by atoms with Crippen molar-refractivity contribution in [2.24, 2.45) is 0 Å². The lowest BCUT2D eigenvalue weighted by atomic mass is 10.2. The highest BCUT2D eigenvalue weighted by Gasteiger charge is 2.26. The van der Waals surface area contributed by atoms with Gasteiger partial charge in [0.1, 0.15) is 0 Å². The maximum Gasteiger partial charge on any atom is 0.321 e. The Kier molecular flexibility index (Phi) is 4.64. The van der Waals surface area contributed by atoms with E-state index in [2.05, 4.69) is 20.4 Å². The number of fused-ring (bicyclic) bond motifs is 3. The van der Waals surface area contributed by atoms with Gasteiger partial charge in [-0.1, -0.05) is 30.3 Å². The molecule has 9 heteroatoms. The van der Waals surface area contributed by atoms with E-state index in [-0.39, 0.29) is 6.03 Å². The number of furan rings is 1. The van der Waals surface area contributed by atoms with Crippen LogP contribution in [0, 0.1) is 0 Å². The van der Waals surface area contributed by atoms with Gasteiger partial charge in [0.25, 0.3) is 0 Å². The Hall–Kier alpha value is -4.40. The second-order valence-electron chi connectivity index (χ2n) is 7.86. The van der Waals surface area contributed by atoms with Gasteiger partial charge >= 0.3 is 6.03 Å². The lowest BCUT2D eigenvalue weighted by molar-refractivity contribution is 0.208. The topological polar surface area (TPSA) is 91.8 Å². The van der Waals surface area contributed by atoms with Crippen molar-refractivity contribution in [3.05, 3.63) is 73.0 Å². The maximum atomic E-state index is 12.7. The van der Waals surface area contributed by atoms with Crippen LogP contribution in [0.15, 0.2) is 77.4 Å². The van der Waals surface area contributed by atoms with E-state index in [9.17, 15) is 4.79 Å². The smallest absolute Gasteiger partial charge is 0.321 e. The molecule has 5 aromatic rings. The number of rotatable bonds is 3. The highest BCUT2D eigenvalue weighted by atomic mass is 16.3. The molecule has 33 heavy (non-hydrogen) atoms. The van der Waals surface area contributed by atoms with Crippen molar-refractivity contribution in [2.45, 2.75) is 0 Å². The van der Waals surface area contributed by atoms with Crippen LogP contribution in [0.3, 0.4) is 0 Å². The molecular weight excluding hydrogens is 418 g/mol. The first-order valence-corrected chi connectivity index (χ1v) is 10.8. The van der Waals surface area contributed by atoms with Crippen molar-refractivity contribution in [2.75, 3.05) is 36.4 Å². The van der Waals surface area contributed by atoms with Crippen molar-refractivity contribution < 1.29 is 9.21 Å². The second kappa shape index (κ2) is 7.94. The molecule has 2 amide bonds. The highest BCUT2D eigenvalue weighted by Crippen LogP contribution is 2.29.